The maximum atomic E-state index is 12.3. The van der Waals surface area contributed by atoms with Crippen LogP contribution in [0.3, 0.4) is 0 Å². The zero-order chi connectivity index (χ0) is 12.3. The normalized spacial score (nSPS) is 10.2. The molecule has 0 unspecified atom stereocenters. The first kappa shape index (κ1) is 11.9. The number of halogens is 1. The molecule has 2 aromatic carbocycles. The standard InChI is InChI=1S/C15H13ClO/c1-2-11-8-9-13(16)10-14(11)15(17)12-6-4-3-5-7-12/h3-10H,2H2,1H3. The fourth-order valence-electron chi connectivity index (χ4n) is 1.81. The third-order valence-electron chi connectivity index (χ3n) is 2.73. The summed E-state index contributed by atoms with van der Waals surface area (Å²) in [6.07, 6.45) is 0.824. The molecular formula is C15H13ClO. The lowest BCUT2D eigenvalue weighted by molar-refractivity contribution is 0.103. The molecule has 0 spiro atoms. The molecule has 0 radical (unpaired) electrons. The average molecular weight is 245 g/mol. The van der Waals surface area contributed by atoms with Crippen LogP contribution >= 0.6 is 11.6 Å². The van der Waals surface area contributed by atoms with E-state index in [4.69, 9.17) is 11.6 Å². The smallest absolute Gasteiger partial charge is 0.193 e. The van der Waals surface area contributed by atoms with Crippen LogP contribution in [0.1, 0.15) is 28.4 Å². The predicted octanol–water partition coefficient (Wildman–Crippen LogP) is 4.13. The second-order valence-electron chi connectivity index (χ2n) is 3.85. The number of aryl methyl sites for hydroxylation is 1. The van der Waals surface area contributed by atoms with E-state index in [9.17, 15) is 4.79 Å². The first-order valence-corrected chi connectivity index (χ1v) is 5.98. The van der Waals surface area contributed by atoms with Gasteiger partial charge in [0.2, 0.25) is 0 Å². The lowest BCUT2D eigenvalue weighted by Crippen LogP contribution is -2.04. The molecule has 17 heavy (non-hydrogen) atoms. The van der Waals surface area contributed by atoms with Gasteiger partial charge in [0, 0.05) is 16.1 Å². The van der Waals surface area contributed by atoms with Gasteiger partial charge >= 0.3 is 0 Å². The van der Waals surface area contributed by atoms with E-state index >= 15 is 0 Å². The van der Waals surface area contributed by atoms with E-state index in [-0.39, 0.29) is 5.78 Å². The molecule has 0 aromatic heterocycles. The van der Waals surface area contributed by atoms with Crippen molar-refractivity contribution < 1.29 is 4.79 Å². The number of ketones is 1. The van der Waals surface area contributed by atoms with E-state index in [1.165, 1.54) is 0 Å². The molecule has 2 rings (SSSR count). The van der Waals surface area contributed by atoms with E-state index in [0.29, 0.717) is 16.1 Å². The Morgan fingerprint density at radius 3 is 2.47 bits per heavy atom. The number of carbonyl (C=O) groups is 1. The van der Waals surface area contributed by atoms with Crippen LogP contribution in [0.25, 0.3) is 0 Å². The summed E-state index contributed by atoms with van der Waals surface area (Å²) in [7, 11) is 0. The summed E-state index contributed by atoms with van der Waals surface area (Å²) in [4.78, 5) is 12.3. The largest absolute Gasteiger partial charge is 0.289 e. The fraction of sp³-hybridized carbons (Fsp3) is 0.133. The van der Waals surface area contributed by atoms with Gasteiger partial charge in [0.05, 0.1) is 0 Å². The van der Waals surface area contributed by atoms with Gasteiger partial charge in [-0.25, -0.2) is 0 Å². The quantitative estimate of drug-likeness (QED) is 0.742. The minimum Gasteiger partial charge on any atom is -0.289 e. The van der Waals surface area contributed by atoms with Gasteiger partial charge in [-0.15, -0.1) is 0 Å². The zero-order valence-electron chi connectivity index (χ0n) is 9.61. The highest BCUT2D eigenvalue weighted by Crippen LogP contribution is 2.20. The SMILES string of the molecule is CCc1ccc(Cl)cc1C(=O)c1ccccc1. The minimum absolute atomic E-state index is 0.0324. The molecule has 0 aliphatic heterocycles. The van der Waals surface area contributed by atoms with E-state index in [2.05, 4.69) is 0 Å². The van der Waals surface area contributed by atoms with Crippen LogP contribution in [-0.2, 0) is 6.42 Å². The van der Waals surface area contributed by atoms with Crippen molar-refractivity contribution in [3.63, 3.8) is 0 Å². The molecule has 0 aliphatic carbocycles. The predicted molar refractivity (Wildman–Crippen MR) is 70.7 cm³/mol. The van der Waals surface area contributed by atoms with Crippen molar-refractivity contribution in [3.05, 3.63) is 70.2 Å². The number of benzene rings is 2. The molecule has 0 atom stereocenters. The van der Waals surface area contributed by atoms with Crippen LogP contribution in [0.15, 0.2) is 48.5 Å². The van der Waals surface area contributed by atoms with E-state index in [1.807, 2.05) is 49.4 Å². The number of hydrogen-bond acceptors (Lipinski definition) is 1. The Balaban J connectivity index is 2.47. The summed E-state index contributed by atoms with van der Waals surface area (Å²) in [5.41, 5.74) is 2.43. The number of rotatable bonds is 3. The number of hydrogen-bond donors (Lipinski definition) is 0. The maximum absolute atomic E-state index is 12.3. The molecule has 2 aromatic rings. The van der Waals surface area contributed by atoms with Crippen LogP contribution in [0.2, 0.25) is 5.02 Å². The molecule has 0 N–H and O–H groups in total. The van der Waals surface area contributed by atoms with Crippen LogP contribution in [0.5, 0.6) is 0 Å². The summed E-state index contributed by atoms with van der Waals surface area (Å²) < 4.78 is 0. The monoisotopic (exact) mass is 244 g/mol. The molecule has 86 valence electrons. The van der Waals surface area contributed by atoms with Gasteiger partial charge in [0.25, 0.3) is 0 Å². The molecule has 1 nitrogen and oxygen atoms in total. The highest BCUT2D eigenvalue weighted by Gasteiger charge is 2.12. The Hall–Kier alpha value is -1.60. The van der Waals surface area contributed by atoms with Gasteiger partial charge in [0.1, 0.15) is 0 Å². The molecule has 0 fully saturated rings. The molecule has 0 saturated heterocycles. The molecule has 0 bridgehead atoms. The number of carbonyl (C=O) groups excluding carboxylic acids is 1. The van der Waals surface area contributed by atoms with Crippen molar-refractivity contribution in [2.75, 3.05) is 0 Å². The van der Waals surface area contributed by atoms with Gasteiger partial charge in [-0.1, -0.05) is 54.9 Å². The van der Waals surface area contributed by atoms with E-state index in [1.54, 1.807) is 6.07 Å². The second kappa shape index (κ2) is 5.15. The third-order valence-corrected chi connectivity index (χ3v) is 2.97. The zero-order valence-corrected chi connectivity index (χ0v) is 10.4. The summed E-state index contributed by atoms with van der Waals surface area (Å²) >= 11 is 5.95. The molecule has 0 aliphatic rings. The highest BCUT2D eigenvalue weighted by molar-refractivity contribution is 6.31. The van der Waals surface area contributed by atoms with Crippen LogP contribution in [-0.4, -0.2) is 5.78 Å². The van der Waals surface area contributed by atoms with Crippen molar-refractivity contribution in [2.24, 2.45) is 0 Å². The van der Waals surface area contributed by atoms with E-state index < -0.39 is 0 Å². The maximum Gasteiger partial charge on any atom is 0.193 e. The van der Waals surface area contributed by atoms with Gasteiger partial charge in [0.15, 0.2) is 5.78 Å². The van der Waals surface area contributed by atoms with E-state index in [0.717, 1.165) is 12.0 Å². The Morgan fingerprint density at radius 1 is 1.12 bits per heavy atom. The third kappa shape index (κ3) is 2.56. The topological polar surface area (TPSA) is 17.1 Å². The Bertz CT molecular complexity index is 532. The van der Waals surface area contributed by atoms with Crippen molar-refractivity contribution in [1.82, 2.24) is 0 Å². The molecule has 0 heterocycles. The average Bonchev–Trinajstić information content (AvgIpc) is 2.39. The first-order chi connectivity index (χ1) is 8.22. The Labute approximate surface area is 106 Å². The van der Waals surface area contributed by atoms with Crippen LogP contribution < -0.4 is 0 Å². The molecular weight excluding hydrogens is 232 g/mol. The van der Waals surface area contributed by atoms with Crippen LogP contribution in [0.4, 0.5) is 0 Å². The van der Waals surface area contributed by atoms with Crippen molar-refractivity contribution >= 4 is 17.4 Å². The van der Waals surface area contributed by atoms with Crippen molar-refractivity contribution in [2.45, 2.75) is 13.3 Å². The van der Waals surface area contributed by atoms with Gasteiger partial charge in [-0.2, -0.15) is 0 Å². The van der Waals surface area contributed by atoms with Gasteiger partial charge < -0.3 is 0 Å². The minimum atomic E-state index is 0.0324. The Morgan fingerprint density at radius 2 is 1.82 bits per heavy atom. The summed E-state index contributed by atoms with van der Waals surface area (Å²) in [6, 6.07) is 14.8. The molecule has 0 saturated carbocycles. The lowest BCUT2D eigenvalue weighted by atomic mass is 9.97. The molecule has 0 amide bonds. The first-order valence-electron chi connectivity index (χ1n) is 5.60. The summed E-state index contributed by atoms with van der Waals surface area (Å²) in [5, 5.41) is 0.599. The highest BCUT2D eigenvalue weighted by atomic mass is 35.5. The second-order valence-corrected chi connectivity index (χ2v) is 4.29. The molecule has 2 heteroatoms. The van der Waals surface area contributed by atoms with Crippen LogP contribution in [0, 0.1) is 0 Å². The Kier molecular flexibility index (Phi) is 3.60. The van der Waals surface area contributed by atoms with Gasteiger partial charge in [-0.3, -0.25) is 4.79 Å². The lowest BCUT2D eigenvalue weighted by Gasteiger charge is -2.07. The fourth-order valence-corrected chi connectivity index (χ4v) is 1.99. The van der Waals surface area contributed by atoms with Gasteiger partial charge in [-0.05, 0) is 24.1 Å². The summed E-state index contributed by atoms with van der Waals surface area (Å²) in [5.74, 6) is 0.0324. The van der Waals surface area contributed by atoms with Crippen molar-refractivity contribution in [3.8, 4) is 0 Å². The summed E-state index contributed by atoms with van der Waals surface area (Å²) in [6.45, 7) is 2.03. The van der Waals surface area contributed by atoms with Crippen molar-refractivity contribution in [1.29, 1.82) is 0 Å².